The van der Waals surface area contributed by atoms with Gasteiger partial charge in [-0.1, -0.05) is 37.5 Å². The van der Waals surface area contributed by atoms with Crippen LogP contribution < -0.4 is 11.1 Å². The smallest absolute Gasteiger partial charge is 0.238 e. The number of nitrogens with one attached hydrogen (secondary N) is 1. The summed E-state index contributed by atoms with van der Waals surface area (Å²) in [6.45, 7) is 6.45. The fourth-order valence-electron chi connectivity index (χ4n) is 6.74. The normalized spacial score (nSPS) is 20.9. The first-order valence-corrected chi connectivity index (χ1v) is 14.0. The van der Waals surface area contributed by atoms with Gasteiger partial charge in [-0.05, 0) is 71.0 Å². The maximum absolute atomic E-state index is 14.4. The molecule has 1 aliphatic carbocycles. The predicted octanol–water partition coefficient (Wildman–Crippen LogP) is 4.36. The van der Waals surface area contributed by atoms with Crippen molar-refractivity contribution >= 4 is 22.7 Å². The molecular weight excluding hydrogens is 476 g/mol. The molecule has 1 saturated carbocycles. The summed E-state index contributed by atoms with van der Waals surface area (Å²) in [5.41, 5.74) is 7.94. The van der Waals surface area contributed by atoms with Crippen LogP contribution in [0, 0.1) is 25.7 Å². The van der Waals surface area contributed by atoms with Crippen LogP contribution in [0.1, 0.15) is 75.0 Å². The van der Waals surface area contributed by atoms with Gasteiger partial charge in [0, 0.05) is 24.2 Å². The zero-order chi connectivity index (χ0) is 27.0. The third-order valence-corrected chi connectivity index (χ3v) is 8.92. The largest absolute Gasteiger partial charge is 0.368 e. The van der Waals surface area contributed by atoms with Gasteiger partial charge in [0.2, 0.25) is 11.8 Å². The lowest BCUT2D eigenvalue weighted by atomic mass is 9.69. The maximum Gasteiger partial charge on any atom is 0.238 e. The maximum atomic E-state index is 14.4. The van der Waals surface area contributed by atoms with Crippen molar-refractivity contribution in [1.29, 1.82) is 0 Å². The van der Waals surface area contributed by atoms with Crippen LogP contribution in [-0.2, 0) is 9.59 Å². The second-order valence-electron chi connectivity index (χ2n) is 11.3. The van der Waals surface area contributed by atoms with E-state index in [9.17, 15) is 9.59 Å². The molecule has 3 heterocycles. The highest BCUT2D eigenvalue weighted by Gasteiger charge is 2.50. The van der Waals surface area contributed by atoms with Gasteiger partial charge in [-0.3, -0.25) is 9.59 Å². The minimum absolute atomic E-state index is 0.00937. The summed E-state index contributed by atoms with van der Waals surface area (Å²) >= 11 is 0. The highest BCUT2D eigenvalue weighted by Crippen LogP contribution is 2.41. The molecule has 1 unspecified atom stereocenters. The molecule has 0 radical (unpaired) electrons. The van der Waals surface area contributed by atoms with Crippen LogP contribution in [0.4, 0.5) is 0 Å². The number of nitrogens with zero attached hydrogens (tertiary/aromatic N) is 4. The quantitative estimate of drug-likeness (QED) is 0.485. The lowest BCUT2D eigenvalue weighted by molar-refractivity contribution is -0.147. The molecule has 38 heavy (non-hydrogen) atoms. The monoisotopic (exact) mass is 516 g/mol. The van der Waals surface area contributed by atoms with Crippen molar-refractivity contribution in [2.75, 3.05) is 13.6 Å². The summed E-state index contributed by atoms with van der Waals surface area (Å²) in [7, 11) is 1.73. The average Bonchev–Trinajstić information content (AvgIpc) is 3.54. The van der Waals surface area contributed by atoms with Crippen LogP contribution in [-0.4, -0.2) is 50.4 Å². The Hall–Kier alpha value is -3.26. The topological polar surface area (TPSA) is 106 Å². The van der Waals surface area contributed by atoms with Crippen LogP contribution in [0.25, 0.3) is 16.7 Å². The van der Waals surface area contributed by atoms with Crippen molar-refractivity contribution in [2.45, 2.75) is 77.3 Å². The molecule has 3 atom stereocenters. The van der Waals surface area contributed by atoms with Crippen LogP contribution in [0.5, 0.6) is 0 Å². The molecule has 202 valence electrons. The number of rotatable bonds is 7. The minimum Gasteiger partial charge on any atom is -0.368 e. The van der Waals surface area contributed by atoms with Gasteiger partial charge >= 0.3 is 0 Å². The number of hydrogen-bond acceptors (Lipinski definition) is 5. The zero-order valence-electron chi connectivity index (χ0n) is 23.0. The number of carbonyl (C=O) groups excluding carboxylic acids is 2. The number of likely N-dealkylation sites (tertiary alicyclic amines) is 1. The highest BCUT2D eigenvalue weighted by molar-refractivity contribution is 5.93. The Bertz CT molecular complexity index is 1340. The van der Waals surface area contributed by atoms with Gasteiger partial charge in [0.05, 0.1) is 23.2 Å². The molecule has 2 aromatic heterocycles. The first-order valence-electron chi connectivity index (χ1n) is 14.0. The number of benzene rings is 1. The lowest BCUT2D eigenvalue weighted by Crippen LogP contribution is -2.63. The van der Waals surface area contributed by atoms with E-state index in [0.29, 0.717) is 12.4 Å². The van der Waals surface area contributed by atoms with E-state index in [4.69, 9.17) is 15.7 Å². The molecule has 8 heteroatoms. The zero-order valence-corrected chi connectivity index (χ0v) is 23.0. The number of aromatic nitrogens is 3. The second kappa shape index (κ2) is 10.5. The Morgan fingerprint density at radius 3 is 2.53 bits per heavy atom. The third kappa shape index (κ3) is 4.59. The highest BCUT2D eigenvalue weighted by atomic mass is 16.2. The van der Waals surface area contributed by atoms with Crippen molar-refractivity contribution < 1.29 is 9.59 Å². The van der Waals surface area contributed by atoms with Gasteiger partial charge < -0.3 is 20.5 Å². The number of hydrogen-bond donors (Lipinski definition) is 2. The molecule has 8 nitrogen and oxygen atoms in total. The standard InChI is InChI=1S/C30H40N6O2/c1-19-18-36(24-14-9-8-13-22(19)24)26-17-23(33-20(2)34-26)25-15-10-16-35(25)28(37)27(21-11-6-5-7-12-21)30(3,32-4)29(31)38/h8-9,13-14,17-18,21,25,27,32H,5-7,10-12,15-16H2,1-4H3,(H2,31,38)/t25-,27+,30?/m0/s1. The van der Waals surface area contributed by atoms with Crippen molar-refractivity contribution in [3.8, 4) is 5.82 Å². The third-order valence-electron chi connectivity index (χ3n) is 8.92. The summed E-state index contributed by atoms with van der Waals surface area (Å²) in [5.74, 6) is 0.624. The molecule has 3 aromatic rings. The van der Waals surface area contributed by atoms with E-state index in [1.807, 2.05) is 30.0 Å². The Morgan fingerprint density at radius 2 is 1.82 bits per heavy atom. The van der Waals surface area contributed by atoms with E-state index in [1.165, 1.54) is 17.4 Å². The fourth-order valence-corrected chi connectivity index (χ4v) is 6.74. The van der Waals surface area contributed by atoms with Crippen LogP contribution in [0.2, 0.25) is 0 Å². The van der Waals surface area contributed by atoms with Gasteiger partial charge in [-0.15, -0.1) is 0 Å². The van der Waals surface area contributed by atoms with Crippen LogP contribution in [0.3, 0.4) is 0 Å². The molecular formula is C30H40N6O2. The molecule has 5 rings (SSSR count). The van der Waals surface area contributed by atoms with Crippen molar-refractivity contribution in [1.82, 2.24) is 24.8 Å². The lowest BCUT2D eigenvalue weighted by Gasteiger charge is -2.42. The number of carbonyl (C=O) groups is 2. The van der Waals surface area contributed by atoms with Crippen molar-refractivity contribution in [3.63, 3.8) is 0 Å². The summed E-state index contributed by atoms with van der Waals surface area (Å²) in [6, 6.07) is 10.2. The first kappa shape index (κ1) is 26.4. The molecule has 1 aromatic carbocycles. The SMILES string of the molecule is CNC(C)(C(N)=O)[C@@H](C(=O)N1CCC[C@H]1c1cc(-n2cc(C)c3ccccc32)nc(C)n1)C1CCCCC1. The van der Waals surface area contributed by atoms with E-state index < -0.39 is 17.4 Å². The molecule has 0 spiro atoms. The molecule has 1 aliphatic heterocycles. The summed E-state index contributed by atoms with van der Waals surface area (Å²) < 4.78 is 2.11. The summed E-state index contributed by atoms with van der Waals surface area (Å²) in [5, 5.41) is 4.33. The Kier molecular flexibility index (Phi) is 7.27. The van der Waals surface area contributed by atoms with Crippen LogP contribution >= 0.6 is 0 Å². The van der Waals surface area contributed by atoms with E-state index in [1.54, 1.807) is 14.0 Å². The number of amides is 2. The average molecular weight is 517 g/mol. The Morgan fingerprint density at radius 1 is 1.08 bits per heavy atom. The van der Waals surface area contributed by atoms with Gasteiger partial charge in [-0.2, -0.15) is 0 Å². The Balaban J connectivity index is 1.52. The van der Waals surface area contributed by atoms with E-state index in [2.05, 4.69) is 35.1 Å². The Labute approximate surface area is 225 Å². The van der Waals surface area contributed by atoms with Crippen LogP contribution in [0.15, 0.2) is 36.5 Å². The van der Waals surface area contributed by atoms with Gasteiger partial charge in [-0.25, -0.2) is 9.97 Å². The molecule has 2 amide bonds. The second-order valence-corrected chi connectivity index (χ2v) is 11.3. The van der Waals surface area contributed by atoms with Crippen molar-refractivity contribution in [2.24, 2.45) is 17.6 Å². The predicted molar refractivity (Wildman–Crippen MR) is 149 cm³/mol. The fraction of sp³-hybridized carbons (Fsp3) is 0.533. The number of nitrogens with two attached hydrogens (primary N) is 1. The van der Waals surface area contributed by atoms with E-state index in [0.717, 1.165) is 55.6 Å². The number of aryl methyl sites for hydroxylation is 2. The summed E-state index contributed by atoms with van der Waals surface area (Å²) in [6.07, 6.45) is 9.05. The minimum atomic E-state index is -1.11. The van der Waals surface area contributed by atoms with Gasteiger partial charge in [0.25, 0.3) is 0 Å². The molecule has 1 saturated heterocycles. The molecule has 2 fully saturated rings. The number of fused-ring (bicyclic) bond motifs is 1. The van der Waals surface area contributed by atoms with Crippen molar-refractivity contribution in [3.05, 3.63) is 53.6 Å². The van der Waals surface area contributed by atoms with Gasteiger partial charge in [0.15, 0.2) is 0 Å². The number of likely N-dealkylation sites (N-methyl/N-ethyl adjacent to an activating group) is 1. The molecule has 3 N–H and O–H groups in total. The van der Waals surface area contributed by atoms with E-state index >= 15 is 0 Å². The number of primary amides is 1. The van der Waals surface area contributed by atoms with Gasteiger partial charge in [0.1, 0.15) is 17.2 Å². The molecule has 2 aliphatic rings. The van der Waals surface area contributed by atoms with E-state index in [-0.39, 0.29) is 17.9 Å². The molecule has 0 bridgehead atoms. The number of para-hydroxylation sites is 1. The summed E-state index contributed by atoms with van der Waals surface area (Å²) in [4.78, 5) is 38.7. The first-order chi connectivity index (χ1) is 18.2.